The number of hydrogen-bond donors (Lipinski definition) is 2. The van der Waals surface area contributed by atoms with E-state index in [0.717, 1.165) is 15.1 Å². The standard InChI is InChI=1S/C8H7BrN2O/c9-7-2-1-5-11(12)8-6(7)3-4-10-8/h1-5,10,12H. The van der Waals surface area contributed by atoms with Crippen molar-refractivity contribution in [2.24, 2.45) is 0 Å². The monoisotopic (exact) mass is 226 g/mol. The molecule has 0 saturated carbocycles. The number of rotatable bonds is 0. The predicted octanol–water partition coefficient (Wildman–Crippen LogP) is 2.47. The zero-order chi connectivity index (χ0) is 8.55. The highest BCUT2D eigenvalue weighted by atomic mass is 79.9. The summed E-state index contributed by atoms with van der Waals surface area (Å²) >= 11 is 3.40. The fourth-order valence-electron chi connectivity index (χ4n) is 1.12. The van der Waals surface area contributed by atoms with Crippen LogP contribution in [0.5, 0.6) is 0 Å². The van der Waals surface area contributed by atoms with Crippen LogP contribution in [0.15, 0.2) is 30.6 Å². The van der Waals surface area contributed by atoms with Crippen molar-refractivity contribution in [3.63, 3.8) is 0 Å². The first kappa shape index (κ1) is 7.64. The molecule has 0 aliphatic carbocycles. The molecule has 0 atom stereocenters. The second kappa shape index (κ2) is 2.80. The van der Waals surface area contributed by atoms with Gasteiger partial charge in [0.2, 0.25) is 0 Å². The number of aromatic amines is 1. The fraction of sp³-hybridized carbons (Fsp3) is 0. The van der Waals surface area contributed by atoms with Crippen molar-refractivity contribution < 1.29 is 5.21 Å². The van der Waals surface area contributed by atoms with Crippen LogP contribution >= 0.6 is 15.9 Å². The second-order valence-electron chi connectivity index (χ2n) is 2.44. The molecule has 3 nitrogen and oxygen atoms in total. The summed E-state index contributed by atoms with van der Waals surface area (Å²) in [6, 6.07) is 1.89. The molecule has 1 aromatic heterocycles. The summed E-state index contributed by atoms with van der Waals surface area (Å²) in [5, 5.41) is 10.5. The summed E-state index contributed by atoms with van der Waals surface area (Å²) in [5.74, 6) is 0.673. The Bertz CT molecular complexity index is 354. The van der Waals surface area contributed by atoms with Gasteiger partial charge in [-0.2, -0.15) is 0 Å². The van der Waals surface area contributed by atoms with E-state index in [9.17, 15) is 5.21 Å². The summed E-state index contributed by atoms with van der Waals surface area (Å²) in [6.07, 6.45) is 6.99. The first-order valence-electron chi connectivity index (χ1n) is 3.49. The van der Waals surface area contributed by atoms with Crippen molar-refractivity contribution in [3.8, 4) is 0 Å². The van der Waals surface area contributed by atoms with E-state index in [1.165, 1.54) is 0 Å². The van der Waals surface area contributed by atoms with Crippen LogP contribution in [0.1, 0.15) is 5.56 Å². The number of anilines is 1. The highest BCUT2D eigenvalue weighted by Gasteiger charge is 2.12. The Morgan fingerprint density at radius 3 is 3.17 bits per heavy atom. The Balaban J connectivity index is 2.58. The summed E-state index contributed by atoms with van der Waals surface area (Å²) in [6.45, 7) is 0. The number of aromatic nitrogens is 1. The van der Waals surface area contributed by atoms with Gasteiger partial charge in [-0.3, -0.25) is 5.21 Å². The molecular weight excluding hydrogens is 220 g/mol. The van der Waals surface area contributed by atoms with Gasteiger partial charge in [-0.15, -0.1) is 0 Å². The topological polar surface area (TPSA) is 39.3 Å². The molecule has 1 aromatic rings. The Morgan fingerprint density at radius 1 is 1.50 bits per heavy atom. The maximum Gasteiger partial charge on any atom is 0.143 e. The minimum absolute atomic E-state index is 0.673. The Kier molecular flexibility index (Phi) is 1.78. The Hall–Kier alpha value is -1.00. The van der Waals surface area contributed by atoms with Gasteiger partial charge in [0.1, 0.15) is 5.82 Å². The summed E-state index contributed by atoms with van der Waals surface area (Å²) in [5.41, 5.74) is 0.947. The zero-order valence-electron chi connectivity index (χ0n) is 6.16. The molecule has 0 radical (unpaired) electrons. The van der Waals surface area contributed by atoms with E-state index in [-0.39, 0.29) is 0 Å². The molecule has 4 heteroatoms. The molecule has 0 aromatic carbocycles. The number of H-pyrrole nitrogens is 1. The summed E-state index contributed by atoms with van der Waals surface area (Å²) < 4.78 is 0.951. The summed E-state index contributed by atoms with van der Waals surface area (Å²) in [4.78, 5) is 2.93. The van der Waals surface area contributed by atoms with Crippen molar-refractivity contribution in [1.29, 1.82) is 0 Å². The van der Waals surface area contributed by atoms with Crippen molar-refractivity contribution in [1.82, 2.24) is 4.98 Å². The van der Waals surface area contributed by atoms with Crippen LogP contribution in [0.3, 0.4) is 0 Å². The van der Waals surface area contributed by atoms with Crippen molar-refractivity contribution in [3.05, 3.63) is 36.2 Å². The maximum atomic E-state index is 9.41. The molecule has 2 rings (SSSR count). The van der Waals surface area contributed by atoms with E-state index in [1.807, 2.05) is 12.1 Å². The van der Waals surface area contributed by atoms with Crippen LogP contribution in [-0.4, -0.2) is 10.2 Å². The molecule has 1 aliphatic rings. The lowest BCUT2D eigenvalue weighted by molar-refractivity contribution is 0.293. The smallest absolute Gasteiger partial charge is 0.143 e. The lowest BCUT2D eigenvalue weighted by atomic mass is 10.3. The molecule has 0 amide bonds. The molecule has 62 valence electrons. The summed E-state index contributed by atoms with van der Waals surface area (Å²) in [7, 11) is 0. The number of allylic oxidation sites excluding steroid dienone is 2. The first-order chi connectivity index (χ1) is 5.79. The largest absolute Gasteiger partial charge is 0.346 e. The van der Waals surface area contributed by atoms with Gasteiger partial charge in [0.25, 0.3) is 0 Å². The van der Waals surface area contributed by atoms with Crippen molar-refractivity contribution in [2.75, 3.05) is 5.06 Å². The van der Waals surface area contributed by atoms with E-state index in [2.05, 4.69) is 20.9 Å². The fourth-order valence-corrected chi connectivity index (χ4v) is 1.59. The van der Waals surface area contributed by atoms with Gasteiger partial charge in [0.05, 0.1) is 0 Å². The highest BCUT2D eigenvalue weighted by molar-refractivity contribution is 9.15. The van der Waals surface area contributed by atoms with Gasteiger partial charge in [-0.05, 0) is 18.2 Å². The molecule has 0 saturated heterocycles. The molecule has 0 unspecified atom stereocenters. The lowest BCUT2D eigenvalue weighted by Crippen LogP contribution is -2.09. The molecule has 12 heavy (non-hydrogen) atoms. The maximum absolute atomic E-state index is 9.41. The number of nitrogens with one attached hydrogen (secondary N) is 1. The molecular formula is C8H7BrN2O. The van der Waals surface area contributed by atoms with Crippen LogP contribution in [0.2, 0.25) is 0 Å². The van der Waals surface area contributed by atoms with Gasteiger partial charge in [-0.1, -0.05) is 15.9 Å². The third kappa shape index (κ3) is 1.09. The Morgan fingerprint density at radius 2 is 2.33 bits per heavy atom. The third-order valence-electron chi connectivity index (χ3n) is 1.68. The van der Waals surface area contributed by atoms with Crippen LogP contribution in [0, 0.1) is 0 Å². The van der Waals surface area contributed by atoms with Gasteiger partial charge < -0.3 is 4.98 Å². The van der Waals surface area contributed by atoms with E-state index in [1.54, 1.807) is 18.5 Å². The minimum Gasteiger partial charge on any atom is -0.346 e. The SMILES string of the molecule is ON1C=CC=C(Br)c2cc[nH]c21. The molecule has 0 bridgehead atoms. The van der Waals surface area contributed by atoms with E-state index in [4.69, 9.17) is 0 Å². The minimum atomic E-state index is 0.673. The van der Waals surface area contributed by atoms with Crippen LogP contribution in [-0.2, 0) is 0 Å². The number of fused-ring (bicyclic) bond motifs is 1. The molecule has 2 heterocycles. The predicted molar refractivity (Wildman–Crippen MR) is 51.1 cm³/mol. The second-order valence-corrected chi connectivity index (χ2v) is 3.29. The average Bonchev–Trinajstić information content (AvgIpc) is 2.47. The van der Waals surface area contributed by atoms with E-state index in [0.29, 0.717) is 5.82 Å². The molecule has 0 spiro atoms. The highest BCUT2D eigenvalue weighted by Crippen LogP contribution is 2.31. The van der Waals surface area contributed by atoms with Crippen LogP contribution in [0.25, 0.3) is 4.48 Å². The van der Waals surface area contributed by atoms with Gasteiger partial charge in [-0.25, -0.2) is 5.06 Å². The van der Waals surface area contributed by atoms with Crippen LogP contribution in [0.4, 0.5) is 5.82 Å². The third-order valence-corrected chi connectivity index (χ3v) is 2.37. The average molecular weight is 227 g/mol. The van der Waals surface area contributed by atoms with Crippen molar-refractivity contribution >= 4 is 26.2 Å². The van der Waals surface area contributed by atoms with E-state index < -0.39 is 0 Å². The number of halogens is 1. The van der Waals surface area contributed by atoms with Gasteiger partial charge in [0, 0.05) is 22.4 Å². The van der Waals surface area contributed by atoms with Gasteiger partial charge in [0.15, 0.2) is 0 Å². The molecule has 1 aliphatic heterocycles. The normalized spacial score (nSPS) is 15.5. The number of hydrogen-bond acceptors (Lipinski definition) is 2. The molecule has 0 fully saturated rings. The van der Waals surface area contributed by atoms with Crippen LogP contribution < -0.4 is 5.06 Å². The first-order valence-corrected chi connectivity index (χ1v) is 4.28. The number of hydroxylamine groups is 1. The quantitative estimate of drug-likeness (QED) is 0.714. The number of nitrogens with zero attached hydrogens (tertiary/aromatic N) is 1. The van der Waals surface area contributed by atoms with Gasteiger partial charge >= 0.3 is 0 Å². The van der Waals surface area contributed by atoms with E-state index >= 15 is 0 Å². The Labute approximate surface area is 78.1 Å². The zero-order valence-corrected chi connectivity index (χ0v) is 7.75. The molecule has 2 N–H and O–H groups in total. The lowest BCUT2D eigenvalue weighted by Gasteiger charge is -2.09. The van der Waals surface area contributed by atoms with Crippen molar-refractivity contribution in [2.45, 2.75) is 0 Å².